The van der Waals surface area contributed by atoms with E-state index in [1.165, 1.54) is 24.8 Å². The monoisotopic (exact) mass is 284 g/mol. The van der Waals surface area contributed by atoms with Gasteiger partial charge in [0.15, 0.2) is 0 Å². The second-order valence-electron chi connectivity index (χ2n) is 5.94. The number of hydrogen-bond acceptors (Lipinski definition) is 3. The molecule has 0 heterocycles. The molecule has 20 heavy (non-hydrogen) atoms. The Kier molecular flexibility index (Phi) is 9.16. The van der Waals surface area contributed by atoms with Crippen LogP contribution in [0, 0.1) is 11.8 Å². The van der Waals surface area contributed by atoms with Gasteiger partial charge in [-0.15, -0.1) is 0 Å². The van der Waals surface area contributed by atoms with Gasteiger partial charge in [-0.2, -0.15) is 0 Å². The van der Waals surface area contributed by atoms with Crippen molar-refractivity contribution < 1.29 is 14.2 Å². The molecule has 1 fully saturated rings. The van der Waals surface area contributed by atoms with Crippen LogP contribution in [0.1, 0.15) is 46.5 Å². The molecule has 0 aromatic rings. The van der Waals surface area contributed by atoms with Crippen LogP contribution in [0.15, 0.2) is 12.2 Å². The fraction of sp³-hybridized carbons (Fsp3) is 0.882. The van der Waals surface area contributed by atoms with Gasteiger partial charge in [-0.1, -0.05) is 19.1 Å². The normalized spacial score (nSPS) is 26.6. The molecule has 0 saturated heterocycles. The van der Waals surface area contributed by atoms with Crippen LogP contribution in [0.2, 0.25) is 0 Å². The van der Waals surface area contributed by atoms with Crippen molar-refractivity contribution in [2.75, 3.05) is 33.0 Å². The SMILES string of the molecule is C=C(C)C1CCC(C)CC1OCCCOCCOCC. The molecular weight excluding hydrogens is 252 g/mol. The van der Waals surface area contributed by atoms with E-state index in [4.69, 9.17) is 14.2 Å². The zero-order valence-electron chi connectivity index (χ0n) is 13.5. The molecular formula is C17H32O3. The number of ether oxygens (including phenoxy) is 3. The molecule has 0 bridgehead atoms. The molecule has 118 valence electrons. The highest BCUT2D eigenvalue weighted by Gasteiger charge is 2.29. The number of hydrogen-bond donors (Lipinski definition) is 0. The highest BCUT2D eigenvalue weighted by molar-refractivity contribution is 5.02. The van der Waals surface area contributed by atoms with Gasteiger partial charge in [-0.25, -0.2) is 0 Å². The van der Waals surface area contributed by atoms with E-state index in [0.717, 1.165) is 32.2 Å². The maximum Gasteiger partial charge on any atom is 0.0700 e. The maximum absolute atomic E-state index is 6.08. The fourth-order valence-corrected chi connectivity index (χ4v) is 2.84. The molecule has 0 N–H and O–H groups in total. The van der Waals surface area contributed by atoms with Gasteiger partial charge in [0.05, 0.1) is 19.3 Å². The molecule has 0 amide bonds. The van der Waals surface area contributed by atoms with E-state index >= 15 is 0 Å². The van der Waals surface area contributed by atoms with Gasteiger partial charge in [0.1, 0.15) is 0 Å². The molecule has 0 radical (unpaired) electrons. The van der Waals surface area contributed by atoms with Crippen LogP contribution in [-0.4, -0.2) is 39.1 Å². The summed E-state index contributed by atoms with van der Waals surface area (Å²) in [5, 5.41) is 0. The van der Waals surface area contributed by atoms with Crippen LogP contribution in [-0.2, 0) is 14.2 Å². The van der Waals surface area contributed by atoms with Gasteiger partial charge in [-0.3, -0.25) is 0 Å². The molecule has 0 aromatic carbocycles. The van der Waals surface area contributed by atoms with Crippen LogP contribution in [0.3, 0.4) is 0 Å². The lowest BCUT2D eigenvalue weighted by Gasteiger charge is -2.35. The van der Waals surface area contributed by atoms with Crippen molar-refractivity contribution in [2.45, 2.75) is 52.6 Å². The zero-order chi connectivity index (χ0) is 14.8. The first-order valence-corrected chi connectivity index (χ1v) is 8.07. The van der Waals surface area contributed by atoms with Gasteiger partial charge in [-0.05, 0) is 45.4 Å². The third-order valence-corrected chi connectivity index (χ3v) is 4.03. The van der Waals surface area contributed by atoms with Crippen LogP contribution < -0.4 is 0 Å². The van der Waals surface area contributed by atoms with E-state index in [-0.39, 0.29) is 0 Å². The molecule has 1 rings (SSSR count). The van der Waals surface area contributed by atoms with Crippen molar-refractivity contribution in [2.24, 2.45) is 11.8 Å². The van der Waals surface area contributed by atoms with Gasteiger partial charge in [0, 0.05) is 25.7 Å². The van der Waals surface area contributed by atoms with Crippen molar-refractivity contribution >= 4 is 0 Å². The van der Waals surface area contributed by atoms with Crippen molar-refractivity contribution in [1.82, 2.24) is 0 Å². The van der Waals surface area contributed by atoms with Crippen LogP contribution in [0.5, 0.6) is 0 Å². The predicted octanol–water partition coefficient (Wildman–Crippen LogP) is 3.83. The highest BCUT2D eigenvalue weighted by atomic mass is 16.5. The Labute approximate surface area is 124 Å². The maximum atomic E-state index is 6.08. The first kappa shape index (κ1) is 17.7. The van der Waals surface area contributed by atoms with Crippen LogP contribution in [0.25, 0.3) is 0 Å². The first-order chi connectivity index (χ1) is 9.65. The summed E-state index contributed by atoms with van der Waals surface area (Å²) in [5.74, 6) is 1.32. The molecule has 3 nitrogen and oxygen atoms in total. The van der Waals surface area contributed by atoms with Gasteiger partial charge in [0.25, 0.3) is 0 Å². The van der Waals surface area contributed by atoms with Crippen molar-refractivity contribution in [3.8, 4) is 0 Å². The summed E-state index contributed by atoms with van der Waals surface area (Å²) in [6, 6.07) is 0. The Morgan fingerprint density at radius 2 is 1.85 bits per heavy atom. The molecule has 1 aliphatic rings. The second-order valence-corrected chi connectivity index (χ2v) is 5.94. The summed E-state index contributed by atoms with van der Waals surface area (Å²) in [4.78, 5) is 0. The topological polar surface area (TPSA) is 27.7 Å². The van der Waals surface area contributed by atoms with E-state index in [9.17, 15) is 0 Å². The summed E-state index contributed by atoms with van der Waals surface area (Å²) >= 11 is 0. The quantitative estimate of drug-likeness (QED) is 0.451. The summed E-state index contributed by atoms with van der Waals surface area (Å²) < 4.78 is 16.8. The van der Waals surface area contributed by atoms with Crippen molar-refractivity contribution in [3.05, 3.63) is 12.2 Å². The molecule has 0 aromatic heterocycles. The Balaban J connectivity index is 2.10. The third-order valence-electron chi connectivity index (χ3n) is 4.03. The summed E-state index contributed by atoms with van der Waals surface area (Å²) in [5.41, 5.74) is 1.27. The lowest BCUT2D eigenvalue weighted by atomic mass is 9.78. The molecule has 0 spiro atoms. The van der Waals surface area contributed by atoms with Gasteiger partial charge in [0.2, 0.25) is 0 Å². The van der Waals surface area contributed by atoms with Crippen LogP contribution in [0.4, 0.5) is 0 Å². The molecule has 1 saturated carbocycles. The molecule has 3 atom stereocenters. The summed E-state index contributed by atoms with van der Waals surface area (Å²) in [6.07, 6.45) is 5.02. The van der Waals surface area contributed by atoms with E-state index < -0.39 is 0 Å². The Morgan fingerprint density at radius 1 is 1.10 bits per heavy atom. The lowest BCUT2D eigenvalue weighted by molar-refractivity contribution is -0.0238. The number of rotatable bonds is 10. The molecule has 3 heteroatoms. The molecule has 0 aliphatic heterocycles. The van der Waals surface area contributed by atoms with Crippen LogP contribution >= 0.6 is 0 Å². The van der Waals surface area contributed by atoms with Crippen molar-refractivity contribution in [1.29, 1.82) is 0 Å². The smallest absolute Gasteiger partial charge is 0.0700 e. The zero-order valence-corrected chi connectivity index (χ0v) is 13.5. The van der Waals surface area contributed by atoms with Gasteiger partial charge < -0.3 is 14.2 Å². The fourth-order valence-electron chi connectivity index (χ4n) is 2.84. The Hall–Kier alpha value is -0.380. The highest BCUT2D eigenvalue weighted by Crippen LogP contribution is 2.34. The third kappa shape index (κ3) is 6.87. The standard InChI is InChI=1S/C17H32O3/c1-5-18-11-12-19-9-6-10-20-17-13-15(4)7-8-16(17)14(2)3/h15-17H,2,5-13H2,1,3-4H3. The first-order valence-electron chi connectivity index (χ1n) is 8.07. The largest absolute Gasteiger partial charge is 0.379 e. The van der Waals surface area contributed by atoms with E-state index in [1.54, 1.807) is 0 Å². The van der Waals surface area contributed by atoms with Gasteiger partial charge >= 0.3 is 0 Å². The summed E-state index contributed by atoms with van der Waals surface area (Å²) in [6.45, 7) is 14.2. The van der Waals surface area contributed by atoms with E-state index in [0.29, 0.717) is 25.2 Å². The predicted molar refractivity (Wildman–Crippen MR) is 83.0 cm³/mol. The Morgan fingerprint density at radius 3 is 2.55 bits per heavy atom. The minimum atomic E-state index is 0.361. The average Bonchev–Trinajstić information content (AvgIpc) is 2.41. The van der Waals surface area contributed by atoms with E-state index in [2.05, 4.69) is 20.4 Å². The molecule has 1 aliphatic carbocycles. The second kappa shape index (κ2) is 10.4. The minimum absolute atomic E-state index is 0.361. The lowest BCUT2D eigenvalue weighted by Crippen LogP contribution is -2.32. The van der Waals surface area contributed by atoms with E-state index in [1.807, 2.05) is 6.92 Å². The molecule has 3 unspecified atom stereocenters. The summed E-state index contributed by atoms with van der Waals surface area (Å²) in [7, 11) is 0. The Bertz CT molecular complexity index is 265. The van der Waals surface area contributed by atoms with Crippen molar-refractivity contribution in [3.63, 3.8) is 0 Å². The minimum Gasteiger partial charge on any atom is -0.379 e. The average molecular weight is 284 g/mol.